The second-order valence-electron chi connectivity index (χ2n) is 9.94. The number of hydrogen-bond acceptors (Lipinski definition) is 8. The van der Waals surface area contributed by atoms with E-state index in [4.69, 9.17) is 23.7 Å². The Kier molecular flexibility index (Phi) is 11.0. The summed E-state index contributed by atoms with van der Waals surface area (Å²) in [7, 11) is 0. The molecule has 0 spiro atoms. The summed E-state index contributed by atoms with van der Waals surface area (Å²) in [4.78, 5) is 24.7. The van der Waals surface area contributed by atoms with E-state index >= 15 is 0 Å². The van der Waals surface area contributed by atoms with E-state index in [0.29, 0.717) is 13.2 Å². The van der Waals surface area contributed by atoms with E-state index in [1.54, 1.807) is 0 Å². The standard InChI is InChI=1S/C29H38O7S/c1-6-37-27-26(36-28(31)29(3,4)5)25(34-18-22-15-11-8-12-16-22)24(23(35-27)19-32-20(2)30)33-17-21-13-9-7-10-14-21/h7-16,23-27H,6,17-19H2,1-5H3/t23?,24-,25-,26?,27+/m1/s1. The van der Waals surface area contributed by atoms with Crippen molar-refractivity contribution in [2.45, 2.75) is 77.7 Å². The number of rotatable bonds is 11. The SMILES string of the molecule is CCS[C@@H]1OC(COC(C)=O)[C@@H](OCc2ccccc2)[C@@H](OCc2ccccc2)C1OC(=O)C(C)(C)C. The molecule has 1 aliphatic heterocycles. The molecule has 0 bridgehead atoms. The Morgan fingerprint density at radius 2 is 1.41 bits per heavy atom. The van der Waals surface area contributed by atoms with Crippen LogP contribution >= 0.6 is 11.8 Å². The minimum atomic E-state index is -0.727. The van der Waals surface area contributed by atoms with Crippen LogP contribution in [0.2, 0.25) is 0 Å². The number of carbonyl (C=O) groups is 2. The molecule has 0 amide bonds. The summed E-state index contributed by atoms with van der Waals surface area (Å²) in [6.07, 6.45) is -2.65. The van der Waals surface area contributed by atoms with Gasteiger partial charge in [0.05, 0.1) is 18.6 Å². The molecule has 2 aromatic rings. The Labute approximate surface area is 224 Å². The van der Waals surface area contributed by atoms with Crippen molar-refractivity contribution in [3.63, 3.8) is 0 Å². The Bertz CT molecular complexity index is 977. The maximum atomic E-state index is 13.0. The summed E-state index contributed by atoms with van der Waals surface area (Å²) in [5, 5.41) is 0. The highest BCUT2D eigenvalue weighted by molar-refractivity contribution is 7.99. The summed E-state index contributed by atoms with van der Waals surface area (Å²) in [6, 6.07) is 19.6. The van der Waals surface area contributed by atoms with Gasteiger partial charge in [-0.1, -0.05) is 67.6 Å². The zero-order valence-corrected chi connectivity index (χ0v) is 23.1. The Balaban J connectivity index is 1.95. The van der Waals surface area contributed by atoms with Crippen LogP contribution in [0.5, 0.6) is 0 Å². The maximum absolute atomic E-state index is 13.0. The topological polar surface area (TPSA) is 80.3 Å². The van der Waals surface area contributed by atoms with Crippen LogP contribution < -0.4 is 0 Å². The van der Waals surface area contributed by atoms with Crippen LogP contribution in [0.25, 0.3) is 0 Å². The molecule has 1 aliphatic rings. The van der Waals surface area contributed by atoms with Crippen molar-refractivity contribution in [2.24, 2.45) is 5.41 Å². The third-order valence-corrected chi connectivity index (χ3v) is 6.84. The molecule has 3 rings (SSSR count). The lowest BCUT2D eigenvalue weighted by Gasteiger charge is -2.45. The largest absolute Gasteiger partial charge is 0.463 e. The molecule has 37 heavy (non-hydrogen) atoms. The summed E-state index contributed by atoms with van der Waals surface area (Å²) in [5.41, 5.74) is 0.728. The van der Waals surface area contributed by atoms with Gasteiger partial charge in [0.1, 0.15) is 30.4 Å². The summed E-state index contributed by atoms with van der Waals surface area (Å²) in [6.45, 7) is 9.40. The quantitative estimate of drug-likeness (QED) is 0.369. The molecule has 0 N–H and O–H groups in total. The van der Waals surface area contributed by atoms with Crippen molar-refractivity contribution in [1.29, 1.82) is 0 Å². The summed E-state index contributed by atoms with van der Waals surface area (Å²) < 4.78 is 30.7. The number of thioether (sulfide) groups is 1. The van der Waals surface area contributed by atoms with Crippen LogP contribution in [0.1, 0.15) is 45.7 Å². The monoisotopic (exact) mass is 530 g/mol. The number of benzene rings is 2. The average molecular weight is 531 g/mol. The maximum Gasteiger partial charge on any atom is 0.311 e. The highest BCUT2D eigenvalue weighted by Gasteiger charge is 2.50. The van der Waals surface area contributed by atoms with Crippen molar-refractivity contribution >= 4 is 23.7 Å². The molecule has 0 saturated carbocycles. The normalized spacial score (nSPS) is 23.9. The third-order valence-electron chi connectivity index (χ3n) is 5.80. The smallest absolute Gasteiger partial charge is 0.311 e. The highest BCUT2D eigenvalue weighted by Crippen LogP contribution is 2.36. The van der Waals surface area contributed by atoms with Gasteiger partial charge < -0.3 is 23.7 Å². The molecule has 0 aliphatic carbocycles. The van der Waals surface area contributed by atoms with Gasteiger partial charge in [0, 0.05) is 6.92 Å². The number of ether oxygens (including phenoxy) is 5. The van der Waals surface area contributed by atoms with Gasteiger partial charge in [-0.3, -0.25) is 9.59 Å². The summed E-state index contributed by atoms with van der Waals surface area (Å²) >= 11 is 1.52. The summed E-state index contributed by atoms with van der Waals surface area (Å²) in [5.74, 6) is -0.0281. The van der Waals surface area contributed by atoms with Crippen LogP contribution in [0, 0.1) is 5.41 Å². The molecule has 0 radical (unpaired) electrons. The average Bonchev–Trinajstić information content (AvgIpc) is 2.87. The van der Waals surface area contributed by atoms with E-state index in [9.17, 15) is 9.59 Å². The Hall–Kier alpha value is -2.39. The molecule has 2 unspecified atom stereocenters. The highest BCUT2D eigenvalue weighted by atomic mass is 32.2. The third kappa shape index (κ3) is 8.85. The van der Waals surface area contributed by atoms with Crippen molar-refractivity contribution < 1.29 is 33.3 Å². The first-order valence-electron chi connectivity index (χ1n) is 12.6. The number of hydrogen-bond donors (Lipinski definition) is 0. The van der Waals surface area contributed by atoms with Gasteiger partial charge in [0.15, 0.2) is 6.10 Å². The van der Waals surface area contributed by atoms with Gasteiger partial charge in [-0.2, -0.15) is 0 Å². The lowest BCUT2D eigenvalue weighted by Crippen LogP contribution is -2.61. The van der Waals surface area contributed by atoms with Gasteiger partial charge in [-0.05, 0) is 37.7 Å². The van der Waals surface area contributed by atoms with Crippen molar-refractivity contribution in [2.75, 3.05) is 12.4 Å². The lowest BCUT2D eigenvalue weighted by atomic mass is 9.95. The predicted octanol–water partition coefficient (Wildman–Crippen LogP) is 5.16. The molecule has 1 fully saturated rings. The zero-order chi connectivity index (χ0) is 26.8. The van der Waals surface area contributed by atoms with Gasteiger partial charge >= 0.3 is 11.9 Å². The Morgan fingerprint density at radius 1 is 0.865 bits per heavy atom. The first-order valence-corrected chi connectivity index (χ1v) is 13.7. The predicted molar refractivity (Wildman–Crippen MR) is 143 cm³/mol. The molecular weight excluding hydrogens is 492 g/mol. The fourth-order valence-electron chi connectivity index (χ4n) is 3.86. The minimum Gasteiger partial charge on any atom is -0.463 e. The van der Waals surface area contributed by atoms with Gasteiger partial charge in [-0.15, -0.1) is 11.8 Å². The fraction of sp³-hybridized carbons (Fsp3) is 0.517. The molecular formula is C29H38O7S. The first kappa shape index (κ1) is 29.2. The molecule has 8 heteroatoms. The van der Waals surface area contributed by atoms with Crippen LogP contribution in [0.15, 0.2) is 60.7 Å². The van der Waals surface area contributed by atoms with E-state index in [2.05, 4.69) is 0 Å². The fourth-order valence-corrected chi connectivity index (χ4v) is 4.81. The van der Waals surface area contributed by atoms with E-state index in [1.165, 1.54) is 18.7 Å². The minimum absolute atomic E-state index is 0.000693. The Morgan fingerprint density at radius 3 is 1.89 bits per heavy atom. The molecule has 1 heterocycles. The molecule has 1 saturated heterocycles. The molecule has 5 atom stereocenters. The van der Waals surface area contributed by atoms with Crippen LogP contribution in [0.4, 0.5) is 0 Å². The van der Waals surface area contributed by atoms with Crippen LogP contribution in [-0.4, -0.2) is 54.2 Å². The second kappa shape index (κ2) is 14.0. The second-order valence-corrected chi connectivity index (χ2v) is 11.3. The van der Waals surface area contributed by atoms with E-state index < -0.39 is 41.2 Å². The number of carbonyl (C=O) groups excluding carboxylic acids is 2. The zero-order valence-electron chi connectivity index (χ0n) is 22.3. The van der Waals surface area contributed by atoms with Gasteiger partial charge in [0.2, 0.25) is 0 Å². The molecule has 2 aromatic carbocycles. The van der Waals surface area contributed by atoms with Gasteiger partial charge in [-0.25, -0.2) is 0 Å². The van der Waals surface area contributed by atoms with Crippen LogP contribution in [-0.2, 0) is 46.5 Å². The molecule has 0 aromatic heterocycles. The van der Waals surface area contributed by atoms with Crippen molar-refractivity contribution in [3.8, 4) is 0 Å². The van der Waals surface area contributed by atoms with Crippen LogP contribution in [0.3, 0.4) is 0 Å². The lowest BCUT2D eigenvalue weighted by molar-refractivity contribution is -0.250. The first-order chi connectivity index (χ1) is 17.7. The number of esters is 2. The van der Waals surface area contributed by atoms with Gasteiger partial charge in [0.25, 0.3) is 0 Å². The molecule has 7 nitrogen and oxygen atoms in total. The van der Waals surface area contributed by atoms with Crippen molar-refractivity contribution in [3.05, 3.63) is 71.8 Å². The van der Waals surface area contributed by atoms with Crippen molar-refractivity contribution in [1.82, 2.24) is 0 Å². The van der Waals surface area contributed by atoms with E-state index in [1.807, 2.05) is 88.4 Å². The molecule has 202 valence electrons. The van der Waals surface area contributed by atoms with E-state index in [0.717, 1.165) is 16.9 Å². The van der Waals surface area contributed by atoms with E-state index in [-0.39, 0.29) is 12.6 Å².